The minimum Gasteiger partial charge on any atom is -0.343 e. The van der Waals surface area contributed by atoms with Gasteiger partial charge in [-0.25, -0.2) is 0 Å². The molecule has 1 unspecified atom stereocenters. The van der Waals surface area contributed by atoms with Gasteiger partial charge < -0.3 is 4.57 Å². The van der Waals surface area contributed by atoms with Crippen molar-refractivity contribution in [1.29, 1.82) is 0 Å². The second-order valence-corrected chi connectivity index (χ2v) is 4.56. The number of hydrogen-bond donors (Lipinski definition) is 0. The molecular formula is C12H15N3. The summed E-state index contributed by atoms with van der Waals surface area (Å²) in [6, 6.07) is 2.67. The first-order valence-electron chi connectivity index (χ1n) is 5.56. The van der Waals surface area contributed by atoms with Crippen LogP contribution in [-0.2, 0) is 0 Å². The number of aromatic nitrogens is 3. The Morgan fingerprint density at radius 1 is 1.47 bits per heavy atom. The molecule has 1 atom stereocenters. The maximum atomic E-state index is 4.19. The lowest BCUT2D eigenvalue weighted by Gasteiger charge is -2.13. The van der Waals surface area contributed by atoms with Crippen LogP contribution in [0.5, 0.6) is 0 Å². The van der Waals surface area contributed by atoms with E-state index in [4.69, 9.17) is 0 Å². The molecule has 1 saturated carbocycles. The minimum absolute atomic E-state index is 0.602. The van der Waals surface area contributed by atoms with Crippen LogP contribution in [0.1, 0.15) is 31.4 Å². The molecule has 2 aromatic rings. The van der Waals surface area contributed by atoms with Crippen LogP contribution >= 0.6 is 0 Å². The Kier molecular flexibility index (Phi) is 1.81. The highest BCUT2D eigenvalue weighted by Gasteiger charge is 2.29. The van der Waals surface area contributed by atoms with Crippen molar-refractivity contribution in [3.8, 4) is 0 Å². The monoisotopic (exact) mass is 201 g/mol. The summed E-state index contributed by atoms with van der Waals surface area (Å²) in [6.45, 7) is 4.41. The van der Waals surface area contributed by atoms with Gasteiger partial charge in [0.15, 0.2) is 0 Å². The fourth-order valence-electron chi connectivity index (χ4n) is 2.30. The number of fused-ring (bicyclic) bond motifs is 1. The van der Waals surface area contributed by atoms with Crippen molar-refractivity contribution in [2.75, 3.05) is 0 Å². The lowest BCUT2D eigenvalue weighted by molar-refractivity contribution is 0.500. The molecule has 3 rings (SSSR count). The highest BCUT2D eigenvalue weighted by Crippen LogP contribution is 2.40. The molecule has 1 aliphatic rings. The molecule has 0 radical (unpaired) electrons. The standard InChI is InChI=1S/C12H15N3/c1-8-7-15(9(2)10-3-4-10)11-5-6-13-14-12(8)11/h5-7,9-10H,3-4H2,1-2H3. The van der Waals surface area contributed by atoms with Gasteiger partial charge in [0.05, 0.1) is 11.7 Å². The van der Waals surface area contributed by atoms with Crippen LogP contribution in [0.4, 0.5) is 0 Å². The zero-order valence-electron chi connectivity index (χ0n) is 9.14. The molecule has 0 saturated heterocycles. The highest BCUT2D eigenvalue weighted by atomic mass is 15.1. The van der Waals surface area contributed by atoms with Gasteiger partial charge in [-0.1, -0.05) is 0 Å². The molecule has 3 nitrogen and oxygen atoms in total. The average molecular weight is 201 g/mol. The van der Waals surface area contributed by atoms with E-state index < -0.39 is 0 Å². The summed E-state index contributed by atoms with van der Waals surface area (Å²) in [4.78, 5) is 0. The van der Waals surface area contributed by atoms with Crippen molar-refractivity contribution in [2.24, 2.45) is 5.92 Å². The van der Waals surface area contributed by atoms with Crippen LogP contribution in [0, 0.1) is 12.8 Å². The summed E-state index contributed by atoms with van der Waals surface area (Å²) in [6.07, 6.45) is 6.73. The van der Waals surface area contributed by atoms with Gasteiger partial charge in [-0.05, 0) is 44.2 Å². The Hall–Kier alpha value is -1.38. The van der Waals surface area contributed by atoms with Crippen molar-refractivity contribution in [3.63, 3.8) is 0 Å². The number of aryl methyl sites for hydroxylation is 1. The van der Waals surface area contributed by atoms with E-state index in [0.29, 0.717) is 6.04 Å². The van der Waals surface area contributed by atoms with Crippen molar-refractivity contribution in [1.82, 2.24) is 14.8 Å². The topological polar surface area (TPSA) is 30.7 Å². The third kappa shape index (κ3) is 1.34. The molecule has 0 N–H and O–H groups in total. The zero-order chi connectivity index (χ0) is 10.4. The Morgan fingerprint density at radius 2 is 2.27 bits per heavy atom. The van der Waals surface area contributed by atoms with Gasteiger partial charge in [0.2, 0.25) is 0 Å². The van der Waals surface area contributed by atoms with Gasteiger partial charge in [-0.15, -0.1) is 5.10 Å². The minimum atomic E-state index is 0.602. The smallest absolute Gasteiger partial charge is 0.114 e. The molecule has 78 valence electrons. The van der Waals surface area contributed by atoms with E-state index >= 15 is 0 Å². The van der Waals surface area contributed by atoms with E-state index in [0.717, 1.165) is 11.4 Å². The van der Waals surface area contributed by atoms with E-state index in [-0.39, 0.29) is 0 Å². The van der Waals surface area contributed by atoms with Crippen LogP contribution in [0.3, 0.4) is 0 Å². The summed E-state index contributed by atoms with van der Waals surface area (Å²) in [5.41, 5.74) is 3.50. The van der Waals surface area contributed by atoms with Gasteiger partial charge in [-0.2, -0.15) is 5.10 Å². The van der Waals surface area contributed by atoms with E-state index in [1.165, 1.54) is 23.9 Å². The van der Waals surface area contributed by atoms with Crippen molar-refractivity contribution in [3.05, 3.63) is 24.0 Å². The average Bonchev–Trinajstić information content (AvgIpc) is 3.04. The third-order valence-corrected chi connectivity index (χ3v) is 3.43. The molecule has 15 heavy (non-hydrogen) atoms. The number of rotatable bonds is 2. The fourth-order valence-corrected chi connectivity index (χ4v) is 2.30. The summed E-state index contributed by atoms with van der Waals surface area (Å²) in [5.74, 6) is 0.869. The molecule has 0 bridgehead atoms. The van der Waals surface area contributed by atoms with Gasteiger partial charge in [0.1, 0.15) is 5.52 Å². The molecule has 3 heteroatoms. The molecule has 0 spiro atoms. The summed E-state index contributed by atoms with van der Waals surface area (Å²) < 4.78 is 2.36. The zero-order valence-corrected chi connectivity index (χ0v) is 9.14. The molecule has 1 fully saturated rings. The van der Waals surface area contributed by atoms with Crippen molar-refractivity contribution in [2.45, 2.75) is 32.7 Å². The van der Waals surface area contributed by atoms with Gasteiger partial charge in [-0.3, -0.25) is 0 Å². The Balaban J connectivity index is 2.17. The highest BCUT2D eigenvalue weighted by molar-refractivity contribution is 5.78. The Bertz CT molecular complexity index is 497. The van der Waals surface area contributed by atoms with E-state index in [1.54, 1.807) is 6.20 Å². The second-order valence-electron chi connectivity index (χ2n) is 4.56. The molecular weight excluding hydrogens is 186 g/mol. The first-order valence-corrected chi connectivity index (χ1v) is 5.56. The molecule has 1 aliphatic carbocycles. The maximum absolute atomic E-state index is 4.19. The molecule has 0 amide bonds. The normalized spacial score (nSPS) is 18.3. The van der Waals surface area contributed by atoms with Gasteiger partial charge in [0.25, 0.3) is 0 Å². The van der Waals surface area contributed by atoms with Crippen molar-refractivity contribution < 1.29 is 0 Å². The largest absolute Gasteiger partial charge is 0.343 e. The Morgan fingerprint density at radius 3 is 3.00 bits per heavy atom. The SMILES string of the molecule is Cc1cn(C(C)C2CC2)c2ccnnc12. The molecule has 2 aromatic heterocycles. The van der Waals surface area contributed by atoms with E-state index in [9.17, 15) is 0 Å². The first-order chi connectivity index (χ1) is 7.27. The lowest BCUT2D eigenvalue weighted by Crippen LogP contribution is -2.05. The van der Waals surface area contributed by atoms with Crippen LogP contribution in [0.2, 0.25) is 0 Å². The quantitative estimate of drug-likeness (QED) is 0.748. The summed E-state index contributed by atoms with van der Waals surface area (Å²) >= 11 is 0. The van der Waals surface area contributed by atoms with Crippen molar-refractivity contribution >= 4 is 11.0 Å². The van der Waals surface area contributed by atoms with Gasteiger partial charge in [0, 0.05) is 12.2 Å². The van der Waals surface area contributed by atoms with Gasteiger partial charge >= 0.3 is 0 Å². The van der Waals surface area contributed by atoms with Crippen LogP contribution < -0.4 is 0 Å². The predicted octanol–water partition coefficient (Wildman–Crippen LogP) is 2.71. The van der Waals surface area contributed by atoms with E-state index in [2.05, 4.69) is 40.9 Å². The van der Waals surface area contributed by atoms with Crippen LogP contribution in [-0.4, -0.2) is 14.8 Å². The molecule has 2 heterocycles. The number of hydrogen-bond acceptors (Lipinski definition) is 2. The van der Waals surface area contributed by atoms with Crippen LogP contribution in [0.25, 0.3) is 11.0 Å². The summed E-state index contributed by atoms with van der Waals surface area (Å²) in [5, 5.41) is 8.14. The lowest BCUT2D eigenvalue weighted by atomic mass is 10.2. The Labute approximate surface area is 89.1 Å². The molecule has 0 aliphatic heterocycles. The maximum Gasteiger partial charge on any atom is 0.114 e. The fraction of sp³-hybridized carbons (Fsp3) is 0.500. The van der Waals surface area contributed by atoms with Crippen LogP contribution in [0.15, 0.2) is 18.5 Å². The summed E-state index contributed by atoms with van der Waals surface area (Å²) in [7, 11) is 0. The molecule has 0 aromatic carbocycles. The predicted molar refractivity (Wildman–Crippen MR) is 59.7 cm³/mol. The third-order valence-electron chi connectivity index (χ3n) is 3.43. The van der Waals surface area contributed by atoms with E-state index in [1.807, 2.05) is 0 Å². The number of nitrogens with zero attached hydrogens (tertiary/aromatic N) is 3. The first kappa shape index (κ1) is 8.89. The second kappa shape index (κ2) is 3.05.